The third kappa shape index (κ3) is 5.07. The molecule has 4 N–H and O–H groups in total. The van der Waals surface area contributed by atoms with Crippen molar-refractivity contribution in [3.8, 4) is 0 Å². The molecular weight excluding hydrogens is 396 g/mol. The van der Waals surface area contributed by atoms with Crippen LogP contribution >= 0.6 is 11.6 Å². The third-order valence-corrected chi connectivity index (χ3v) is 5.44. The van der Waals surface area contributed by atoms with Gasteiger partial charge in [-0.25, -0.2) is 9.59 Å². The molecule has 3 amide bonds. The van der Waals surface area contributed by atoms with Gasteiger partial charge in [-0.05, 0) is 50.6 Å². The van der Waals surface area contributed by atoms with Crippen LogP contribution in [0.5, 0.6) is 0 Å². The summed E-state index contributed by atoms with van der Waals surface area (Å²) in [4.78, 5) is 38.6. The van der Waals surface area contributed by atoms with Crippen molar-refractivity contribution < 1.29 is 19.1 Å². The molecule has 2 aliphatic heterocycles. The number of carbonyl (C=O) groups excluding carboxylic acids is 3. The van der Waals surface area contributed by atoms with Crippen molar-refractivity contribution in [2.45, 2.75) is 25.8 Å². The highest BCUT2D eigenvalue weighted by atomic mass is 35.5. The number of amides is 3. The van der Waals surface area contributed by atoms with Crippen molar-refractivity contribution in [1.82, 2.24) is 15.5 Å². The minimum atomic E-state index is -0.667. The second-order valence-electron chi connectivity index (χ2n) is 7.15. The molecule has 0 aromatic heterocycles. The average molecular weight is 421 g/mol. The fourth-order valence-corrected chi connectivity index (χ4v) is 3.93. The van der Waals surface area contributed by atoms with Gasteiger partial charge in [-0.3, -0.25) is 9.69 Å². The van der Waals surface area contributed by atoms with Gasteiger partial charge in [0.1, 0.15) is 0 Å². The number of rotatable bonds is 6. The molecule has 1 saturated heterocycles. The van der Waals surface area contributed by atoms with Crippen molar-refractivity contribution >= 4 is 29.5 Å². The number of urea groups is 1. The first kappa shape index (κ1) is 21.1. The van der Waals surface area contributed by atoms with E-state index in [1.54, 1.807) is 31.2 Å². The summed E-state index contributed by atoms with van der Waals surface area (Å²) in [6.45, 7) is 3.62. The van der Waals surface area contributed by atoms with E-state index in [2.05, 4.69) is 15.5 Å². The SMILES string of the molecule is CCOC(=O)C1=C(CN2CCC(C(N)=O)CC2)NC(=O)N[C@H]1c1cccc(Cl)c1. The highest BCUT2D eigenvalue weighted by Gasteiger charge is 2.35. The molecule has 1 aromatic carbocycles. The smallest absolute Gasteiger partial charge is 0.338 e. The van der Waals surface area contributed by atoms with Crippen LogP contribution < -0.4 is 16.4 Å². The number of nitrogens with two attached hydrogens (primary N) is 1. The molecular formula is C20H25ClN4O4. The Hall–Kier alpha value is -2.58. The largest absolute Gasteiger partial charge is 0.463 e. The summed E-state index contributed by atoms with van der Waals surface area (Å²) in [5.74, 6) is -0.911. The van der Waals surface area contributed by atoms with Gasteiger partial charge in [0.25, 0.3) is 0 Å². The topological polar surface area (TPSA) is 114 Å². The number of carbonyl (C=O) groups is 3. The molecule has 1 atom stereocenters. The number of primary amides is 1. The Morgan fingerprint density at radius 2 is 2.03 bits per heavy atom. The zero-order valence-corrected chi connectivity index (χ0v) is 17.0. The van der Waals surface area contributed by atoms with Crippen molar-refractivity contribution in [2.24, 2.45) is 11.7 Å². The molecule has 29 heavy (non-hydrogen) atoms. The fraction of sp³-hybridized carbons (Fsp3) is 0.450. The van der Waals surface area contributed by atoms with E-state index in [9.17, 15) is 14.4 Å². The Morgan fingerprint density at radius 1 is 1.31 bits per heavy atom. The number of likely N-dealkylation sites (tertiary alicyclic amines) is 1. The van der Waals surface area contributed by atoms with Crippen molar-refractivity contribution in [2.75, 3.05) is 26.2 Å². The van der Waals surface area contributed by atoms with Gasteiger partial charge in [0.05, 0.1) is 18.2 Å². The van der Waals surface area contributed by atoms with Crippen LogP contribution in [0, 0.1) is 5.92 Å². The number of esters is 1. The van der Waals surface area contributed by atoms with E-state index in [1.807, 2.05) is 0 Å². The fourth-order valence-electron chi connectivity index (χ4n) is 3.73. The van der Waals surface area contributed by atoms with Crippen molar-refractivity contribution in [1.29, 1.82) is 0 Å². The molecule has 0 bridgehead atoms. The highest BCUT2D eigenvalue weighted by molar-refractivity contribution is 6.30. The number of nitrogens with zero attached hydrogens (tertiary/aromatic N) is 1. The molecule has 2 heterocycles. The van der Waals surface area contributed by atoms with E-state index in [-0.39, 0.29) is 18.4 Å². The second kappa shape index (κ2) is 9.28. The molecule has 2 aliphatic rings. The molecule has 0 unspecified atom stereocenters. The zero-order chi connectivity index (χ0) is 21.0. The normalized spacial score (nSPS) is 20.8. The number of benzene rings is 1. The molecule has 0 spiro atoms. The molecule has 0 radical (unpaired) electrons. The number of hydrogen-bond donors (Lipinski definition) is 3. The third-order valence-electron chi connectivity index (χ3n) is 5.20. The van der Waals surface area contributed by atoms with Gasteiger partial charge in [0.15, 0.2) is 0 Å². The lowest BCUT2D eigenvalue weighted by Crippen LogP contribution is -2.49. The lowest BCUT2D eigenvalue weighted by atomic mass is 9.93. The van der Waals surface area contributed by atoms with Crippen LogP contribution in [-0.4, -0.2) is 49.0 Å². The molecule has 0 saturated carbocycles. The molecule has 8 nitrogen and oxygen atoms in total. The van der Waals surface area contributed by atoms with Gasteiger partial charge < -0.3 is 21.1 Å². The second-order valence-corrected chi connectivity index (χ2v) is 7.59. The molecule has 3 rings (SSSR count). The maximum absolute atomic E-state index is 12.8. The quantitative estimate of drug-likeness (QED) is 0.606. The van der Waals surface area contributed by atoms with Gasteiger partial charge in [-0.1, -0.05) is 23.7 Å². The van der Waals surface area contributed by atoms with Crippen LogP contribution in [0.4, 0.5) is 4.79 Å². The van der Waals surface area contributed by atoms with Crippen LogP contribution in [0.3, 0.4) is 0 Å². The summed E-state index contributed by atoms with van der Waals surface area (Å²) in [7, 11) is 0. The van der Waals surface area contributed by atoms with E-state index in [1.165, 1.54) is 0 Å². The number of nitrogens with one attached hydrogen (secondary N) is 2. The Labute approximate surface area is 174 Å². The number of halogens is 1. The Bertz CT molecular complexity index is 834. The van der Waals surface area contributed by atoms with Gasteiger partial charge >= 0.3 is 12.0 Å². The summed E-state index contributed by atoms with van der Waals surface area (Å²) in [5, 5.41) is 6.06. The van der Waals surface area contributed by atoms with Crippen LogP contribution in [0.25, 0.3) is 0 Å². The highest BCUT2D eigenvalue weighted by Crippen LogP contribution is 2.30. The van der Waals surface area contributed by atoms with Crippen molar-refractivity contribution in [3.63, 3.8) is 0 Å². The number of hydrogen-bond acceptors (Lipinski definition) is 5. The maximum Gasteiger partial charge on any atom is 0.338 e. The van der Waals surface area contributed by atoms with E-state index in [0.29, 0.717) is 54.3 Å². The van der Waals surface area contributed by atoms with E-state index in [0.717, 1.165) is 0 Å². The van der Waals surface area contributed by atoms with E-state index >= 15 is 0 Å². The Morgan fingerprint density at radius 3 is 2.66 bits per heavy atom. The Kier molecular flexibility index (Phi) is 6.76. The van der Waals surface area contributed by atoms with Crippen LogP contribution in [0.1, 0.15) is 31.4 Å². The molecule has 9 heteroatoms. The Balaban J connectivity index is 1.90. The molecule has 1 aromatic rings. The van der Waals surface area contributed by atoms with Gasteiger partial charge in [0.2, 0.25) is 5.91 Å². The van der Waals surface area contributed by atoms with E-state index in [4.69, 9.17) is 22.1 Å². The van der Waals surface area contributed by atoms with Crippen LogP contribution in [-0.2, 0) is 14.3 Å². The predicted molar refractivity (Wildman–Crippen MR) is 108 cm³/mol. The maximum atomic E-state index is 12.8. The summed E-state index contributed by atoms with van der Waals surface area (Å²) in [6.07, 6.45) is 1.31. The van der Waals surface area contributed by atoms with Gasteiger partial charge in [-0.2, -0.15) is 0 Å². The minimum Gasteiger partial charge on any atom is -0.463 e. The molecule has 1 fully saturated rings. The number of ether oxygens (including phenoxy) is 1. The summed E-state index contributed by atoms with van der Waals surface area (Å²) >= 11 is 6.11. The van der Waals surface area contributed by atoms with Crippen LogP contribution in [0.2, 0.25) is 5.02 Å². The summed E-state index contributed by atoms with van der Waals surface area (Å²) < 4.78 is 5.27. The average Bonchev–Trinajstić information content (AvgIpc) is 2.68. The van der Waals surface area contributed by atoms with Gasteiger partial charge in [0, 0.05) is 23.2 Å². The monoisotopic (exact) mass is 420 g/mol. The molecule has 0 aliphatic carbocycles. The van der Waals surface area contributed by atoms with E-state index < -0.39 is 18.0 Å². The van der Waals surface area contributed by atoms with Gasteiger partial charge in [-0.15, -0.1) is 0 Å². The standard InChI is InChI=1S/C20H25ClN4O4/c1-2-29-19(27)16-15(11-25-8-6-12(7-9-25)18(22)26)23-20(28)24-17(16)13-4-3-5-14(21)10-13/h3-5,10,12,17H,2,6-9,11H2,1H3,(H2,22,26)(H2,23,24,28)/t17-/m0/s1. The lowest BCUT2D eigenvalue weighted by Gasteiger charge is -2.34. The summed E-state index contributed by atoms with van der Waals surface area (Å²) in [6, 6.07) is 5.95. The van der Waals surface area contributed by atoms with Crippen molar-refractivity contribution in [3.05, 3.63) is 46.1 Å². The number of piperidine rings is 1. The van der Waals surface area contributed by atoms with Crippen LogP contribution in [0.15, 0.2) is 35.5 Å². The lowest BCUT2D eigenvalue weighted by molar-refractivity contribution is -0.139. The predicted octanol–water partition coefficient (Wildman–Crippen LogP) is 1.71. The summed E-state index contributed by atoms with van der Waals surface area (Å²) in [5.41, 5.74) is 6.94. The zero-order valence-electron chi connectivity index (χ0n) is 16.2. The first-order valence-electron chi connectivity index (χ1n) is 9.63. The molecule has 156 valence electrons. The first-order valence-corrected chi connectivity index (χ1v) is 10.0. The first-order chi connectivity index (χ1) is 13.9. The minimum absolute atomic E-state index is 0.133.